The fourth-order valence-corrected chi connectivity index (χ4v) is 3.14. The van der Waals surface area contributed by atoms with Gasteiger partial charge in [-0.3, -0.25) is 0 Å². The lowest BCUT2D eigenvalue weighted by molar-refractivity contribution is -0.0387. The summed E-state index contributed by atoms with van der Waals surface area (Å²) >= 11 is 0. The smallest absolute Gasteiger partial charge is 0.0896 e. The van der Waals surface area contributed by atoms with E-state index in [0.29, 0.717) is 0 Å². The van der Waals surface area contributed by atoms with E-state index in [9.17, 15) is 5.11 Å². The third-order valence-corrected chi connectivity index (χ3v) is 4.69. The highest BCUT2D eigenvalue weighted by atomic mass is 16.3. The third kappa shape index (κ3) is 2.14. The average molecular weight is 274 g/mol. The van der Waals surface area contributed by atoms with E-state index in [1.165, 1.54) is 21.9 Å². The zero-order valence-corrected chi connectivity index (χ0v) is 11.9. The predicted octanol–water partition coefficient (Wildman–Crippen LogP) is 4.88. The van der Waals surface area contributed by atoms with Crippen LogP contribution in [0.5, 0.6) is 0 Å². The first-order valence-electron chi connectivity index (χ1n) is 7.57. The summed E-state index contributed by atoms with van der Waals surface area (Å²) in [7, 11) is 0. The molecule has 3 aromatic rings. The number of fused-ring (bicyclic) bond motifs is 1. The molecule has 104 valence electrons. The summed E-state index contributed by atoms with van der Waals surface area (Å²) in [6, 6.07) is 23.4. The number of aliphatic hydroxyl groups is 1. The van der Waals surface area contributed by atoms with Gasteiger partial charge in [0, 0.05) is 0 Å². The first-order valence-corrected chi connectivity index (χ1v) is 7.57. The Hall–Kier alpha value is -2.12. The van der Waals surface area contributed by atoms with Crippen LogP contribution in [0.25, 0.3) is 21.9 Å². The summed E-state index contributed by atoms with van der Waals surface area (Å²) in [6.45, 7) is 0. The van der Waals surface area contributed by atoms with Gasteiger partial charge in [0.05, 0.1) is 5.60 Å². The number of hydrogen-bond donors (Lipinski definition) is 1. The van der Waals surface area contributed by atoms with Crippen LogP contribution < -0.4 is 0 Å². The Labute approximate surface area is 124 Å². The van der Waals surface area contributed by atoms with E-state index in [0.717, 1.165) is 24.8 Å². The second kappa shape index (κ2) is 4.71. The van der Waals surface area contributed by atoms with E-state index in [1.807, 2.05) is 0 Å². The normalized spacial score (nSPS) is 16.6. The van der Waals surface area contributed by atoms with Crippen molar-refractivity contribution in [1.82, 2.24) is 0 Å². The standard InChI is InChI=1S/C20H18O/c21-20(12-3-13-20)19-10-8-16(9-11-19)18-7-6-15-4-1-2-5-17(15)14-18/h1-2,4-11,14,21H,3,12-13H2. The molecule has 1 saturated carbocycles. The van der Waals surface area contributed by atoms with Crippen LogP contribution in [0.2, 0.25) is 0 Å². The molecular weight excluding hydrogens is 256 g/mol. The molecule has 1 aliphatic rings. The van der Waals surface area contributed by atoms with Gasteiger partial charge < -0.3 is 5.11 Å². The molecule has 0 unspecified atom stereocenters. The van der Waals surface area contributed by atoms with E-state index < -0.39 is 5.60 Å². The molecule has 0 spiro atoms. The highest BCUT2D eigenvalue weighted by Crippen LogP contribution is 2.41. The molecule has 0 heterocycles. The first kappa shape index (κ1) is 12.6. The SMILES string of the molecule is OC1(c2ccc(-c3ccc4ccccc4c3)cc2)CCC1. The van der Waals surface area contributed by atoms with Gasteiger partial charge in [-0.15, -0.1) is 0 Å². The van der Waals surface area contributed by atoms with Crippen molar-refractivity contribution in [2.24, 2.45) is 0 Å². The van der Waals surface area contributed by atoms with Gasteiger partial charge in [0.15, 0.2) is 0 Å². The zero-order chi connectivity index (χ0) is 14.3. The molecule has 0 atom stereocenters. The van der Waals surface area contributed by atoms with Crippen molar-refractivity contribution in [2.75, 3.05) is 0 Å². The maximum Gasteiger partial charge on any atom is 0.0896 e. The van der Waals surface area contributed by atoms with Crippen LogP contribution >= 0.6 is 0 Å². The second-order valence-corrected chi connectivity index (χ2v) is 6.02. The van der Waals surface area contributed by atoms with Gasteiger partial charge in [0.25, 0.3) is 0 Å². The maximum atomic E-state index is 10.4. The van der Waals surface area contributed by atoms with E-state index >= 15 is 0 Å². The predicted molar refractivity (Wildman–Crippen MR) is 87.1 cm³/mol. The molecule has 0 aromatic heterocycles. The minimum atomic E-state index is -0.568. The van der Waals surface area contributed by atoms with Crippen LogP contribution in [0.4, 0.5) is 0 Å². The molecule has 21 heavy (non-hydrogen) atoms. The van der Waals surface area contributed by atoms with Gasteiger partial charge in [-0.25, -0.2) is 0 Å². The van der Waals surface area contributed by atoms with Gasteiger partial charge in [-0.1, -0.05) is 60.7 Å². The summed E-state index contributed by atoms with van der Waals surface area (Å²) in [5, 5.41) is 12.9. The molecule has 1 N–H and O–H groups in total. The molecule has 0 radical (unpaired) electrons. The lowest BCUT2D eigenvalue weighted by atomic mass is 9.75. The van der Waals surface area contributed by atoms with Crippen molar-refractivity contribution in [3.63, 3.8) is 0 Å². The van der Waals surface area contributed by atoms with Crippen molar-refractivity contribution in [2.45, 2.75) is 24.9 Å². The fraction of sp³-hybridized carbons (Fsp3) is 0.200. The summed E-state index contributed by atoms with van der Waals surface area (Å²) < 4.78 is 0. The molecule has 1 aliphatic carbocycles. The van der Waals surface area contributed by atoms with Crippen molar-refractivity contribution >= 4 is 10.8 Å². The van der Waals surface area contributed by atoms with Crippen molar-refractivity contribution in [1.29, 1.82) is 0 Å². The summed E-state index contributed by atoms with van der Waals surface area (Å²) in [5.41, 5.74) is 2.91. The first-order chi connectivity index (χ1) is 10.2. The Morgan fingerprint density at radius 1 is 0.714 bits per heavy atom. The summed E-state index contributed by atoms with van der Waals surface area (Å²) in [5.74, 6) is 0. The Morgan fingerprint density at radius 2 is 1.38 bits per heavy atom. The lowest BCUT2D eigenvalue weighted by Crippen LogP contribution is -2.33. The molecule has 1 nitrogen and oxygen atoms in total. The molecule has 3 aromatic carbocycles. The summed E-state index contributed by atoms with van der Waals surface area (Å²) in [4.78, 5) is 0. The number of rotatable bonds is 2. The highest BCUT2D eigenvalue weighted by molar-refractivity contribution is 5.87. The van der Waals surface area contributed by atoms with Crippen molar-refractivity contribution in [3.05, 3.63) is 72.3 Å². The molecule has 0 bridgehead atoms. The lowest BCUT2D eigenvalue weighted by Gasteiger charge is -2.37. The Balaban J connectivity index is 1.71. The van der Waals surface area contributed by atoms with Crippen LogP contribution in [-0.4, -0.2) is 5.11 Å². The minimum absolute atomic E-state index is 0.568. The van der Waals surface area contributed by atoms with Gasteiger partial charge in [0.2, 0.25) is 0 Å². The van der Waals surface area contributed by atoms with Crippen LogP contribution in [-0.2, 0) is 5.60 Å². The second-order valence-electron chi connectivity index (χ2n) is 6.02. The molecule has 0 amide bonds. The average Bonchev–Trinajstić information content (AvgIpc) is 2.52. The Kier molecular flexibility index (Phi) is 2.83. The highest BCUT2D eigenvalue weighted by Gasteiger charge is 2.35. The maximum absolute atomic E-state index is 10.4. The minimum Gasteiger partial charge on any atom is -0.385 e. The quantitative estimate of drug-likeness (QED) is 0.706. The molecule has 0 aliphatic heterocycles. The van der Waals surface area contributed by atoms with E-state index in [1.54, 1.807) is 0 Å². The zero-order valence-electron chi connectivity index (χ0n) is 11.9. The van der Waals surface area contributed by atoms with Crippen LogP contribution in [0.3, 0.4) is 0 Å². The van der Waals surface area contributed by atoms with Gasteiger partial charge in [0.1, 0.15) is 0 Å². The fourth-order valence-electron chi connectivity index (χ4n) is 3.14. The summed E-state index contributed by atoms with van der Waals surface area (Å²) in [6.07, 6.45) is 2.91. The Morgan fingerprint density at radius 3 is 2.05 bits per heavy atom. The Bertz CT molecular complexity index is 782. The van der Waals surface area contributed by atoms with Crippen LogP contribution in [0.15, 0.2) is 66.7 Å². The molecular formula is C20H18O. The largest absolute Gasteiger partial charge is 0.385 e. The molecule has 1 heteroatoms. The number of benzene rings is 3. The molecule has 0 saturated heterocycles. The third-order valence-electron chi connectivity index (χ3n) is 4.69. The van der Waals surface area contributed by atoms with Gasteiger partial charge >= 0.3 is 0 Å². The topological polar surface area (TPSA) is 20.2 Å². The molecule has 4 rings (SSSR count). The monoisotopic (exact) mass is 274 g/mol. The van der Waals surface area contributed by atoms with E-state index in [2.05, 4.69) is 66.7 Å². The molecule has 1 fully saturated rings. The van der Waals surface area contributed by atoms with Crippen LogP contribution in [0, 0.1) is 0 Å². The van der Waals surface area contributed by atoms with Gasteiger partial charge in [-0.2, -0.15) is 0 Å². The van der Waals surface area contributed by atoms with E-state index in [4.69, 9.17) is 0 Å². The van der Waals surface area contributed by atoms with Gasteiger partial charge in [-0.05, 0) is 52.8 Å². The van der Waals surface area contributed by atoms with Crippen LogP contribution in [0.1, 0.15) is 24.8 Å². The van der Waals surface area contributed by atoms with Crippen molar-refractivity contribution in [3.8, 4) is 11.1 Å². The van der Waals surface area contributed by atoms with E-state index in [-0.39, 0.29) is 0 Å². The van der Waals surface area contributed by atoms with Crippen molar-refractivity contribution < 1.29 is 5.11 Å². The number of hydrogen-bond acceptors (Lipinski definition) is 1.